The van der Waals surface area contributed by atoms with Crippen molar-refractivity contribution in [3.63, 3.8) is 0 Å². The van der Waals surface area contributed by atoms with Gasteiger partial charge in [0.05, 0.1) is 6.33 Å². The fraction of sp³-hybridized carbons (Fsp3) is 0.300. The first kappa shape index (κ1) is 15.0. The zero-order valence-corrected chi connectivity index (χ0v) is 11.8. The van der Waals surface area contributed by atoms with Gasteiger partial charge in [0.1, 0.15) is 11.8 Å². The largest absolute Gasteiger partial charge is 0.382 e. The second kappa shape index (κ2) is 5.38. The van der Waals surface area contributed by atoms with E-state index in [0.29, 0.717) is 5.52 Å². The fourth-order valence-corrected chi connectivity index (χ4v) is 2.28. The molecule has 0 bridgehead atoms. The molecule has 0 amide bonds. The van der Waals surface area contributed by atoms with Crippen molar-refractivity contribution in [3.05, 3.63) is 24.6 Å². The van der Waals surface area contributed by atoms with E-state index in [9.17, 15) is 8.96 Å². The van der Waals surface area contributed by atoms with Crippen LogP contribution in [0.2, 0.25) is 0 Å². The summed E-state index contributed by atoms with van der Waals surface area (Å²) < 4.78 is 36.1. The van der Waals surface area contributed by atoms with Crippen LogP contribution < -0.4 is 5.73 Å². The Kier molecular flexibility index (Phi) is 3.67. The zero-order chi connectivity index (χ0) is 15.9. The first-order valence-electron chi connectivity index (χ1n) is 5.97. The third-order valence-electron chi connectivity index (χ3n) is 2.84. The topological polar surface area (TPSA) is 146 Å². The number of fused-ring (bicyclic) bond motifs is 1. The highest BCUT2D eigenvalue weighted by Gasteiger charge is 2.32. The summed E-state index contributed by atoms with van der Waals surface area (Å²) in [6, 6.07) is 0. The first-order chi connectivity index (χ1) is 10.3. The molecule has 10 nitrogen and oxygen atoms in total. The third-order valence-corrected chi connectivity index (χ3v) is 3.33. The maximum absolute atomic E-state index is 14.0. The number of halogens is 1. The van der Waals surface area contributed by atoms with Gasteiger partial charge in [-0.15, -0.1) is 0 Å². The van der Waals surface area contributed by atoms with E-state index in [1.54, 1.807) is 0 Å². The van der Waals surface area contributed by atoms with Crippen LogP contribution in [-0.2, 0) is 14.0 Å². The lowest BCUT2D eigenvalue weighted by atomic mass is 10.4. The Hall–Kier alpha value is -1.91. The van der Waals surface area contributed by atoms with Crippen LogP contribution in [0.1, 0.15) is 6.23 Å². The summed E-state index contributed by atoms with van der Waals surface area (Å²) in [6.07, 6.45) is 0.133. The lowest BCUT2D eigenvalue weighted by Crippen LogP contribution is -2.16. The van der Waals surface area contributed by atoms with E-state index in [-0.39, 0.29) is 11.5 Å². The molecule has 4 N–H and O–H groups in total. The summed E-state index contributed by atoms with van der Waals surface area (Å²) in [5, 5.41) is 0. The van der Waals surface area contributed by atoms with E-state index >= 15 is 0 Å². The van der Waals surface area contributed by atoms with Gasteiger partial charge in [-0.3, -0.25) is 9.13 Å². The highest BCUT2D eigenvalue weighted by Crippen LogP contribution is 2.37. The Balaban J connectivity index is 1.82. The predicted octanol–water partition coefficient (Wildman–Crippen LogP) is 0.269. The minimum Gasteiger partial charge on any atom is -0.382 e. The Bertz CT molecular complexity index is 789. The van der Waals surface area contributed by atoms with Crippen LogP contribution in [0.3, 0.4) is 0 Å². The molecule has 0 spiro atoms. The molecule has 118 valence electrons. The molecular formula is C10H11FN5O5P. The van der Waals surface area contributed by atoms with Crippen molar-refractivity contribution in [1.82, 2.24) is 19.5 Å². The van der Waals surface area contributed by atoms with Crippen LogP contribution in [0.25, 0.3) is 11.2 Å². The lowest BCUT2D eigenvalue weighted by molar-refractivity contribution is -0.130. The van der Waals surface area contributed by atoms with Crippen molar-refractivity contribution in [1.29, 1.82) is 0 Å². The second-order valence-corrected chi connectivity index (χ2v) is 6.04. The molecule has 3 rings (SSSR count). The zero-order valence-electron chi connectivity index (χ0n) is 10.9. The van der Waals surface area contributed by atoms with Crippen LogP contribution in [0.4, 0.5) is 10.2 Å². The number of aromatic nitrogens is 4. The monoisotopic (exact) mass is 331 g/mol. The van der Waals surface area contributed by atoms with Gasteiger partial charge in [-0.2, -0.15) is 0 Å². The molecule has 1 aliphatic rings. The van der Waals surface area contributed by atoms with E-state index in [2.05, 4.69) is 15.0 Å². The molecule has 0 fully saturated rings. The molecule has 2 aromatic heterocycles. The first-order valence-corrected chi connectivity index (χ1v) is 7.77. The van der Waals surface area contributed by atoms with E-state index in [1.807, 2.05) is 0 Å². The standard InChI is InChI=1S/C10H11FN5O5P/c11-5-1-6(20-4-22(17,18)19)21-10(5)16-3-15-7-8(12)13-2-14-9(7)16/h1-3,6,10H,4H2,(H2,12,13,14)(H2,17,18,19)/t6?,10-/m1/s1. The fourth-order valence-electron chi connectivity index (χ4n) is 1.94. The van der Waals surface area contributed by atoms with Crippen molar-refractivity contribution < 1.29 is 28.2 Å². The van der Waals surface area contributed by atoms with Crippen LogP contribution in [0.15, 0.2) is 24.6 Å². The molecule has 0 aliphatic carbocycles. The maximum Gasteiger partial charge on any atom is 0.351 e. The van der Waals surface area contributed by atoms with Gasteiger partial charge in [-0.05, 0) is 0 Å². The van der Waals surface area contributed by atoms with Crippen molar-refractivity contribution in [2.75, 3.05) is 12.1 Å². The number of ether oxygens (including phenoxy) is 2. The molecule has 22 heavy (non-hydrogen) atoms. The van der Waals surface area contributed by atoms with Crippen molar-refractivity contribution in [3.8, 4) is 0 Å². The number of nitrogens with two attached hydrogens (primary N) is 1. The summed E-state index contributed by atoms with van der Waals surface area (Å²) in [6.45, 7) is 0. The third kappa shape index (κ3) is 2.85. The normalized spacial score (nSPS) is 22.2. The lowest BCUT2D eigenvalue weighted by Gasteiger charge is -2.16. The quantitative estimate of drug-likeness (QED) is 0.672. The van der Waals surface area contributed by atoms with Gasteiger partial charge >= 0.3 is 7.60 Å². The summed E-state index contributed by atoms with van der Waals surface area (Å²) in [4.78, 5) is 29.2. The molecule has 0 saturated carbocycles. The number of hydrogen-bond acceptors (Lipinski definition) is 7. The molecule has 2 atom stereocenters. The van der Waals surface area contributed by atoms with E-state index in [4.69, 9.17) is 25.0 Å². The number of hydrogen-bond donors (Lipinski definition) is 3. The number of imidazole rings is 1. The minimum absolute atomic E-state index is 0.139. The summed E-state index contributed by atoms with van der Waals surface area (Å²) in [5.74, 6) is -0.562. The molecule has 12 heteroatoms. The Morgan fingerprint density at radius 2 is 2.23 bits per heavy atom. The van der Waals surface area contributed by atoms with E-state index < -0.39 is 32.3 Å². The van der Waals surface area contributed by atoms with Crippen LogP contribution in [0.5, 0.6) is 0 Å². The Morgan fingerprint density at radius 3 is 2.95 bits per heavy atom. The summed E-state index contributed by atoms with van der Waals surface area (Å²) >= 11 is 0. The Labute approximate surface area is 122 Å². The molecule has 1 unspecified atom stereocenters. The number of anilines is 1. The molecule has 2 aromatic rings. The van der Waals surface area contributed by atoms with Gasteiger partial charge in [-0.25, -0.2) is 19.3 Å². The maximum atomic E-state index is 14.0. The van der Waals surface area contributed by atoms with Gasteiger partial charge in [0.2, 0.25) is 0 Å². The van der Waals surface area contributed by atoms with Crippen LogP contribution >= 0.6 is 7.60 Å². The summed E-state index contributed by atoms with van der Waals surface area (Å²) in [5.41, 5.74) is 6.19. The van der Waals surface area contributed by atoms with Gasteiger partial charge in [-0.1, -0.05) is 0 Å². The van der Waals surface area contributed by atoms with E-state index in [0.717, 1.165) is 6.08 Å². The number of nitrogen functional groups attached to an aromatic ring is 1. The van der Waals surface area contributed by atoms with Crippen molar-refractivity contribution in [2.45, 2.75) is 12.5 Å². The molecule has 0 saturated heterocycles. The predicted molar refractivity (Wildman–Crippen MR) is 70.8 cm³/mol. The van der Waals surface area contributed by atoms with E-state index in [1.165, 1.54) is 17.2 Å². The summed E-state index contributed by atoms with van der Waals surface area (Å²) in [7, 11) is -4.37. The molecule has 1 aliphatic heterocycles. The van der Waals surface area contributed by atoms with Gasteiger partial charge < -0.3 is 25.0 Å². The van der Waals surface area contributed by atoms with Crippen molar-refractivity contribution >= 4 is 24.6 Å². The molecule has 3 heterocycles. The van der Waals surface area contributed by atoms with Crippen LogP contribution in [-0.4, -0.2) is 41.9 Å². The SMILES string of the molecule is Nc1ncnc2c1ncn2[C@@H]1OC(OCP(=O)(O)O)C=C1F. The highest BCUT2D eigenvalue weighted by molar-refractivity contribution is 7.51. The minimum atomic E-state index is -4.37. The number of nitrogens with zero attached hydrogens (tertiary/aromatic N) is 4. The Morgan fingerprint density at radius 1 is 1.45 bits per heavy atom. The molecular weight excluding hydrogens is 320 g/mol. The van der Waals surface area contributed by atoms with Crippen molar-refractivity contribution in [2.24, 2.45) is 0 Å². The molecule has 0 radical (unpaired) electrons. The molecule has 0 aromatic carbocycles. The average molecular weight is 331 g/mol. The highest BCUT2D eigenvalue weighted by atomic mass is 31.2. The second-order valence-electron chi connectivity index (χ2n) is 4.45. The average Bonchev–Trinajstić information content (AvgIpc) is 3.00. The van der Waals surface area contributed by atoms with Gasteiger partial charge in [0.15, 0.2) is 36.2 Å². The smallest absolute Gasteiger partial charge is 0.351 e. The van der Waals surface area contributed by atoms with Gasteiger partial charge in [0, 0.05) is 6.08 Å². The number of rotatable bonds is 4. The van der Waals surface area contributed by atoms with Crippen LogP contribution in [0, 0.1) is 0 Å². The van der Waals surface area contributed by atoms with Gasteiger partial charge in [0.25, 0.3) is 0 Å².